The number of rotatable bonds is 27. The van der Waals surface area contributed by atoms with Crippen LogP contribution in [-0.2, 0) is 84.9 Å². The van der Waals surface area contributed by atoms with E-state index in [1.165, 1.54) is 0 Å². The second kappa shape index (κ2) is 27.0. The van der Waals surface area contributed by atoms with Crippen LogP contribution in [0.2, 0.25) is 0 Å². The lowest BCUT2D eigenvalue weighted by Gasteiger charge is -2.50. The topological polar surface area (TPSA) is 145 Å². The fraction of sp³-hybridized carbons (Fsp3) is 0.396. The van der Waals surface area contributed by atoms with Crippen molar-refractivity contribution in [2.24, 2.45) is 0 Å². The van der Waals surface area contributed by atoms with Crippen LogP contribution >= 0.6 is 7.60 Å². The Kier molecular flexibility index (Phi) is 20.6. The summed E-state index contributed by atoms with van der Waals surface area (Å²) in [6, 6.07) is 48.3. The maximum absolute atomic E-state index is 14.7. The number of hydrogen-bond donors (Lipinski definition) is 1. The van der Waals surface area contributed by atoms with Crippen LogP contribution in [0.1, 0.15) is 73.8 Å². The normalized spacial score (nSPS) is 20.8. The van der Waals surface area contributed by atoms with Gasteiger partial charge in [0, 0.05) is 12.8 Å². The van der Waals surface area contributed by atoms with Crippen LogP contribution in [0.25, 0.3) is 0 Å². The van der Waals surface area contributed by atoms with Gasteiger partial charge >= 0.3 is 19.5 Å². The first-order chi connectivity index (χ1) is 32.2. The minimum absolute atomic E-state index is 0.0945. The fourth-order valence-corrected chi connectivity index (χ4v) is 9.00. The van der Waals surface area contributed by atoms with Gasteiger partial charge in [-0.15, -0.1) is 0 Å². The van der Waals surface area contributed by atoms with Gasteiger partial charge in [0.25, 0.3) is 0 Å². The Morgan fingerprint density at radius 2 is 0.788 bits per heavy atom. The lowest BCUT2D eigenvalue weighted by Crippen LogP contribution is -2.67. The fourth-order valence-electron chi connectivity index (χ4n) is 7.66. The van der Waals surface area contributed by atoms with Crippen molar-refractivity contribution in [3.05, 3.63) is 179 Å². The van der Waals surface area contributed by atoms with E-state index in [-0.39, 0.29) is 58.9 Å². The predicted octanol–water partition coefficient (Wildman–Crippen LogP) is 9.94. The van der Waals surface area contributed by atoms with Crippen molar-refractivity contribution in [2.75, 3.05) is 12.8 Å². The molecule has 0 aliphatic heterocycles. The van der Waals surface area contributed by atoms with Crippen molar-refractivity contribution in [3.8, 4) is 0 Å². The summed E-state index contributed by atoms with van der Waals surface area (Å²) < 4.78 is 66.8. The molecule has 1 saturated carbocycles. The lowest BCUT2D eigenvalue weighted by molar-refractivity contribution is -0.279. The molecule has 0 saturated heterocycles. The van der Waals surface area contributed by atoms with Gasteiger partial charge in [-0.1, -0.05) is 166 Å². The molecule has 8 atom stereocenters. The number of hydrogen-bond acceptors (Lipinski definition) is 11. The average molecular weight is 923 g/mol. The van der Waals surface area contributed by atoms with Gasteiger partial charge in [0.05, 0.1) is 39.2 Å². The molecule has 0 aromatic heterocycles. The van der Waals surface area contributed by atoms with E-state index in [0.717, 1.165) is 27.8 Å². The molecule has 5 aromatic rings. The van der Waals surface area contributed by atoms with Gasteiger partial charge in [-0.3, -0.25) is 18.7 Å². The highest BCUT2D eigenvalue weighted by Gasteiger charge is 2.56. The highest BCUT2D eigenvalue weighted by Crippen LogP contribution is 2.49. The summed E-state index contributed by atoms with van der Waals surface area (Å²) in [4.78, 5) is 37.1. The Morgan fingerprint density at radius 1 is 0.485 bits per heavy atom. The SMILES string of the molecule is CCCC(=O)OCC(CCP(=O)(O)OC1[C@@H](OCc2ccccc2)[C@H](OCc2ccccc2)C(OCc2ccccc2)[C@H](OCc2ccccc2)[C@@H]1OCc1ccccc1)OC(=O)CCC. The second-order valence-electron chi connectivity index (χ2n) is 16.3. The molecule has 1 aliphatic rings. The summed E-state index contributed by atoms with van der Waals surface area (Å²) in [6.07, 6.45) is -6.31. The molecule has 12 nitrogen and oxygen atoms in total. The Bertz CT molecular complexity index is 2080. The molecule has 1 aliphatic carbocycles. The Hall–Kier alpha value is -5.01. The molecule has 1 fully saturated rings. The first-order valence-corrected chi connectivity index (χ1v) is 24.6. The minimum atomic E-state index is -4.63. The monoisotopic (exact) mass is 922 g/mol. The number of benzene rings is 5. The molecule has 13 heteroatoms. The van der Waals surface area contributed by atoms with Crippen LogP contribution in [0, 0.1) is 0 Å². The zero-order valence-electron chi connectivity index (χ0n) is 37.8. The number of carbonyl (C=O) groups is 2. The van der Waals surface area contributed by atoms with Crippen LogP contribution < -0.4 is 0 Å². The third-order valence-corrected chi connectivity index (χ3v) is 12.4. The third kappa shape index (κ3) is 16.4. The Morgan fingerprint density at radius 3 is 1.11 bits per heavy atom. The highest BCUT2D eigenvalue weighted by atomic mass is 31.2. The van der Waals surface area contributed by atoms with E-state index in [0.29, 0.717) is 12.8 Å². The molecule has 66 heavy (non-hydrogen) atoms. The van der Waals surface area contributed by atoms with Gasteiger partial charge in [-0.05, 0) is 47.1 Å². The largest absolute Gasteiger partial charge is 0.462 e. The first-order valence-electron chi connectivity index (χ1n) is 22.8. The Balaban J connectivity index is 1.42. The van der Waals surface area contributed by atoms with E-state index in [1.807, 2.05) is 166 Å². The molecule has 6 rings (SSSR count). The Labute approximate surface area is 389 Å². The van der Waals surface area contributed by atoms with Crippen LogP contribution in [0.4, 0.5) is 0 Å². The number of carbonyl (C=O) groups excluding carboxylic acids is 2. The van der Waals surface area contributed by atoms with Gasteiger partial charge in [-0.25, -0.2) is 0 Å². The average Bonchev–Trinajstić information content (AvgIpc) is 3.34. The van der Waals surface area contributed by atoms with E-state index in [9.17, 15) is 19.0 Å². The van der Waals surface area contributed by atoms with Crippen molar-refractivity contribution >= 4 is 19.5 Å². The predicted molar refractivity (Wildman–Crippen MR) is 250 cm³/mol. The maximum atomic E-state index is 14.7. The van der Waals surface area contributed by atoms with Crippen molar-refractivity contribution in [1.29, 1.82) is 0 Å². The molecule has 0 spiro atoms. The molecular formula is C53H63O12P. The summed E-state index contributed by atoms with van der Waals surface area (Å²) in [5.74, 6) is -0.958. The molecule has 1 N–H and O–H groups in total. The van der Waals surface area contributed by atoms with Gasteiger partial charge in [0.2, 0.25) is 0 Å². The van der Waals surface area contributed by atoms with Crippen LogP contribution in [0.3, 0.4) is 0 Å². The van der Waals surface area contributed by atoms with Crippen molar-refractivity contribution in [3.63, 3.8) is 0 Å². The van der Waals surface area contributed by atoms with Crippen LogP contribution in [0.15, 0.2) is 152 Å². The van der Waals surface area contributed by atoms with Gasteiger partial charge in [0.15, 0.2) is 0 Å². The molecule has 4 unspecified atom stereocenters. The number of ether oxygens (including phenoxy) is 7. The van der Waals surface area contributed by atoms with Crippen molar-refractivity contribution in [1.82, 2.24) is 0 Å². The summed E-state index contributed by atoms with van der Waals surface area (Å²) >= 11 is 0. The van der Waals surface area contributed by atoms with Crippen molar-refractivity contribution in [2.45, 2.75) is 122 Å². The van der Waals surface area contributed by atoms with E-state index in [1.54, 1.807) is 0 Å². The quantitative estimate of drug-likeness (QED) is 0.0395. The van der Waals surface area contributed by atoms with Crippen molar-refractivity contribution < 1.29 is 56.7 Å². The van der Waals surface area contributed by atoms with E-state index >= 15 is 0 Å². The number of esters is 2. The van der Waals surface area contributed by atoms with Crippen LogP contribution in [0.5, 0.6) is 0 Å². The zero-order chi connectivity index (χ0) is 46.4. The van der Waals surface area contributed by atoms with E-state index in [4.69, 9.17) is 37.7 Å². The molecule has 0 bridgehead atoms. The first kappa shape index (κ1) is 50.4. The lowest BCUT2D eigenvalue weighted by atomic mass is 9.83. The molecule has 5 aromatic carbocycles. The molecule has 0 amide bonds. The summed E-state index contributed by atoms with van der Waals surface area (Å²) in [5.41, 5.74) is 4.39. The smallest absolute Gasteiger partial charge is 0.328 e. The van der Waals surface area contributed by atoms with E-state index < -0.39 is 68.4 Å². The van der Waals surface area contributed by atoms with Crippen LogP contribution in [-0.4, -0.2) is 72.3 Å². The maximum Gasteiger partial charge on any atom is 0.328 e. The summed E-state index contributed by atoms with van der Waals surface area (Å²) in [6.45, 7) is 4.09. The molecule has 0 heterocycles. The summed E-state index contributed by atoms with van der Waals surface area (Å²) in [5, 5.41) is 0. The summed E-state index contributed by atoms with van der Waals surface area (Å²) in [7, 11) is -4.63. The second-order valence-corrected chi connectivity index (χ2v) is 18.3. The molecule has 352 valence electrons. The van der Waals surface area contributed by atoms with Gasteiger partial charge in [-0.2, -0.15) is 0 Å². The van der Waals surface area contributed by atoms with E-state index in [2.05, 4.69) is 0 Å². The van der Waals surface area contributed by atoms with Gasteiger partial charge < -0.3 is 38.1 Å². The molecular weight excluding hydrogens is 860 g/mol. The minimum Gasteiger partial charge on any atom is -0.462 e. The standard InChI is InChI=1S/C53H63O12P/c1-3-20-46(54)58-39-45(64-47(55)21-4-2)32-33-66(56,57)65-53-51(62-37-43-28-16-8-17-29-43)49(60-35-41-24-12-6-13-25-41)48(59-34-40-22-10-5-11-23-40)50(61-36-42-26-14-7-15-27-42)52(53)63-38-44-30-18-9-19-31-44/h5-19,22-31,45,48-53H,3-4,20-21,32-39H2,1-2H3,(H,56,57)/t45?,48?,49-,50+,51-,52-,53?/m0/s1. The van der Waals surface area contributed by atoms with Gasteiger partial charge in [0.1, 0.15) is 49.3 Å². The highest BCUT2D eigenvalue weighted by molar-refractivity contribution is 7.52. The third-order valence-electron chi connectivity index (χ3n) is 11.0. The molecule has 0 radical (unpaired) electrons. The zero-order valence-corrected chi connectivity index (χ0v) is 38.7.